The van der Waals surface area contributed by atoms with Crippen LogP contribution in [0.2, 0.25) is 0 Å². The van der Waals surface area contributed by atoms with E-state index in [-0.39, 0.29) is 24.5 Å². The number of carbonyl (C=O) groups is 2. The van der Waals surface area contributed by atoms with Crippen LogP contribution >= 0.6 is 0 Å². The van der Waals surface area contributed by atoms with Crippen molar-refractivity contribution in [2.24, 2.45) is 0 Å². The monoisotopic (exact) mass is 446 g/mol. The number of ether oxygens (including phenoxy) is 3. The minimum absolute atomic E-state index is 0.0520. The van der Waals surface area contributed by atoms with E-state index in [1.54, 1.807) is 42.0 Å². The Morgan fingerprint density at radius 3 is 2.75 bits per heavy atom. The minimum atomic E-state index is -0.142. The Morgan fingerprint density at radius 1 is 1.25 bits per heavy atom. The van der Waals surface area contributed by atoms with Gasteiger partial charge in [-0.3, -0.25) is 9.59 Å². The second-order valence-corrected chi connectivity index (χ2v) is 7.59. The molecule has 3 rings (SSSR count). The minimum Gasteiger partial charge on any atom is -0.493 e. The van der Waals surface area contributed by atoms with Gasteiger partial charge in [-0.05, 0) is 25.0 Å². The van der Waals surface area contributed by atoms with Crippen LogP contribution < -0.4 is 9.47 Å². The summed E-state index contributed by atoms with van der Waals surface area (Å²) in [4.78, 5) is 33.5. The number of hydrogen-bond donors (Lipinski definition) is 0. The van der Waals surface area contributed by atoms with Crippen LogP contribution in [0.5, 0.6) is 11.5 Å². The Hall–Kier alpha value is -3.14. The highest BCUT2D eigenvalue weighted by Crippen LogP contribution is 2.32. The predicted molar refractivity (Wildman–Crippen MR) is 115 cm³/mol. The van der Waals surface area contributed by atoms with Gasteiger partial charge in [0.2, 0.25) is 5.91 Å². The molecule has 1 unspecified atom stereocenters. The Labute approximate surface area is 187 Å². The fraction of sp³-hybridized carbons (Fsp3) is 0.545. The van der Waals surface area contributed by atoms with E-state index in [0.717, 1.165) is 12.8 Å². The normalized spacial score (nSPS) is 16.0. The molecule has 2 aromatic rings. The number of piperidine rings is 1. The summed E-state index contributed by atoms with van der Waals surface area (Å²) in [5.41, 5.74) is 0.444. The molecule has 174 valence electrons. The highest BCUT2D eigenvalue weighted by molar-refractivity contribution is 5.98. The van der Waals surface area contributed by atoms with Crippen molar-refractivity contribution in [3.8, 4) is 11.5 Å². The van der Waals surface area contributed by atoms with Gasteiger partial charge in [-0.1, -0.05) is 11.2 Å². The lowest BCUT2D eigenvalue weighted by molar-refractivity contribution is -0.132. The first kappa shape index (κ1) is 23.5. The van der Waals surface area contributed by atoms with Gasteiger partial charge >= 0.3 is 0 Å². The van der Waals surface area contributed by atoms with Crippen LogP contribution in [-0.2, 0) is 22.6 Å². The first-order valence-electron chi connectivity index (χ1n) is 10.6. The molecule has 0 radical (unpaired) electrons. The third-order valence-electron chi connectivity index (χ3n) is 5.52. The summed E-state index contributed by atoms with van der Waals surface area (Å²) in [6, 6.07) is 5.15. The lowest BCUT2D eigenvalue weighted by Crippen LogP contribution is -2.51. The number of methoxy groups -OCH3 is 3. The van der Waals surface area contributed by atoms with Crippen molar-refractivity contribution in [2.45, 2.75) is 38.8 Å². The van der Waals surface area contributed by atoms with Gasteiger partial charge in [0.1, 0.15) is 6.61 Å². The van der Waals surface area contributed by atoms with Crippen LogP contribution in [-0.4, -0.2) is 78.8 Å². The van der Waals surface area contributed by atoms with Gasteiger partial charge in [-0.25, -0.2) is 0 Å². The highest BCUT2D eigenvalue weighted by Gasteiger charge is 2.31. The van der Waals surface area contributed by atoms with E-state index in [4.69, 9.17) is 18.7 Å². The van der Waals surface area contributed by atoms with Crippen LogP contribution in [0.3, 0.4) is 0 Å². The molecule has 1 aromatic carbocycles. The van der Waals surface area contributed by atoms with Gasteiger partial charge in [0, 0.05) is 46.1 Å². The fourth-order valence-corrected chi connectivity index (χ4v) is 4.01. The van der Waals surface area contributed by atoms with E-state index in [0.29, 0.717) is 54.8 Å². The smallest absolute Gasteiger partial charge is 0.257 e. The van der Waals surface area contributed by atoms with Crippen LogP contribution in [0.1, 0.15) is 41.8 Å². The van der Waals surface area contributed by atoms with Crippen LogP contribution in [0, 0.1) is 0 Å². The van der Waals surface area contributed by atoms with Crippen molar-refractivity contribution in [3.05, 3.63) is 35.5 Å². The van der Waals surface area contributed by atoms with Crippen molar-refractivity contribution >= 4 is 11.8 Å². The second kappa shape index (κ2) is 10.9. The van der Waals surface area contributed by atoms with Crippen molar-refractivity contribution in [2.75, 3.05) is 41.0 Å². The standard InChI is InChI=1S/C22H30N4O6/c1-15(27)26(12-10-19-23-20(14-29-2)32-24-19)16-7-6-11-25(13-16)22(28)17-8-5-9-18(30-3)21(17)31-4/h5,8-9,16H,6-7,10-14H2,1-4H3. The van der Waals surface area contributed by atoms with E-state index in [2.05, 4.69) is 10.1 Å². The maximum absolute atomic E-state index is 13.3. The largest absolute Gasteiger partial charge is 0.493 e. The predicted octanol–water partition coefficient (Wildman–Crippen LogP) is 1.93. The number of hydrogen-bond acceptors (Lipinski definition) is 8. The van der Waals surface area contributed by atoms with Gasteiger partial charge in [-0.2, -0.15) is 4.98 Å². The summed E-state index contributed by atoms with van der Waals surface area (Å²) in [5, 5.41) is 3.94. The molecule has 0 aliphatic carbocycles. The maximum Gasteiger partial charge on any atom is 0.257 e. The molecule has 10 heteroatoms. The van der Waals surface area contributed by atoms with E-state index in [1.165, 1.54) is 14.2 Å². The summed E-state index contributed by atoms with van der Waals surface area (Å²) in [7, 11) is 4.61. The zero-order chi connectivity index (χ0) is 23.1. The van der Waals surface area contributed by atoms with Crippen LogP contribution in [0.4, 0.5) is 0 Å². The number of para-hydroxylation sites is 1. The van der Waals surface area contributed by atoms with Gasteiger partial charge in [0.25, 0.3) is 11.8 Å². The molecular formula is C22H30N4O6. The first-order valence-corrected chi connectivity index (χ1v) is 10.6. The molecule has 2 heterocycles. The van der Waals surface area contributed by atoms with Crippen molar-refractivity contribution in [1.29, 1.82) is 0 Å². The SMILES string of the molecule is COCc1nc(CCN(C(C)=O)C2CCCN(C(=O)c3cccc(OC)c3OC)C2)no1. The number of likely N-dealkylation sites (tertiary alicyclic amines) is 1. The van der Waals surface area contributed by atoms with Crippen molar-refractivity contribution < 1.29 is 28.3 Å². The third-order valence-corrected chi connectivity index (χ3v) is 5.52. The third kappa shape index (κ3) is 5.37. The summed E-state index contributed by atoms with van der Waals surface area (Å²) in [5.74, 6) is 1.65. The van der Waals surface area contributed by atoms with Gasteiger partial charge in [0.15, 0.2) is 17.3 Å². The zero-order valence-corrected chi connectivity index (χ0v) is 19.0. The summed E-state index contributed by atoms with van der Waals surface area (Å²) in [6.07, 6.45) is 2.08. The lowest BCUT2D eigenvalue weighted by atomic mass is 10.0. The number of benzene rings is 1. The molecule has 0 N–H and O–H groups in total. The molecule has 2 amide bonds. The average molecular weight is 447 g/mol. The van der Waals surface area contributed by atoms with Crippen molar-refractivity contribution in [3.63, 3.8) is 0 Å². The number of aromatic nitrogens is 2. The number of carbonyl (C=O) groups excluding carboxylic acids is 2. The van der Waals surface area contributed by atoms with Crippen LogP contribution in [0.25, 0.3) is 0 Å². The van der Waals surface area contributed by atoms with E-state index in [9.17, 15) is 9.59 Å². The molecule has 1 atom stereocenters. The molecule has 1 saturated heterocycles. The molecule has 1 aliphatic rings. The first-order chi connectivity index (χ1) is 15.5. The van der Waals surface area contributed by atoms with Gasteiger partial charge < -0.3 is 28.5 Å². The number of amides is 2. The average Bonchev–Trinajstić information content (AvgIpc) is 3.25. The summed E-state index contributed by atoms with van der Waals surface area (Å²) in [6.45, 7) is 3.29. The molecule has 1 fully saturated rings. The van der Waals surface area contributed by atoms with E-state index < -0.39 is 0 Å². The summed E-state index contributed by atoms with van der Waals surface area (Å²) >= 11 is 0. The Balaban J connectivity index is 1.70. The van der Waals surface area contributed by atoms with Crippen molar-refractivity contribution in [1.82, 2.24) is 19.9 Å². The molecule has 0 spiro atoms. The lowest BCUT2D eigenvalue weighted by Gasteiger charge is -2.39. The highest BCUT2D eigenvalue weighted by atomic mass is 16.5. The molecule has 0 bridgehead atoms. The molecule has 32 heavy (non-hydrogen) atoms. The quantitative estimate of drug-likeness (QED) is 0.575. The van der Waals surface area contributed by atoms with Gasteiger partial charge in [-0.15, -0.1) is 0 Å². The second-order valence-electron chi connectivity index (χ2n) is 7.59. The number of rotatable bonds is 9. The molecule has 1 aromatic heterocycles. The zero-order valence-electron chi connectivity index (χ0n) is 19.0. The molecule has 10 nitrogen and oxygen atoms in total. The fourth-order valence-electron chi connectivity index (χ4n) is 4.01. The van der Waals surface area contributed by atoms with Gasteiger partial charge in [0.05, 0.1) is 19.8 Å². The topological polar surface area (TPSA) is 107 Å². The molecule has 0 saturated carbocycles. The molecule has 1 aliphatic heterocycles. The van der Waals surface area contributed by atoms with E-state index in [1.807, 2.05) is 0 Å². The Bertz CT molecular complexity index is 931. The Morgan fingerprint density at radius 2 is 2.06 bits per heavy atom. The van der Waals surface area contributed by atoms with Crippen LogP contribution in [0.15, 0.2) is 22.7 Å². The molecular weight excluding hydrogens is 416 g/mol. The maximum atomic E-state index is 13.3. The van der Waals surface area contributed by atoms with E-state index >= 15 is 0 Å². The Kier molecular flexibility index (Phi) is 8.04. The summed E-state index contributed by atoms with van der Waals surface area (Å²) < 4.78 is 20.9. The number of nitrogens with zero attached hydrogens (tertiary/aromatic N) is 4.